The summed E-state index contributed by atoms with van der Waals surface area (Å²) in [6.45, 7) is 2.59. The Hall–Kier alpha value is -2.99. The number of carbonyl (C=O) groups is 1. The van der Waals surface area contributed by atoms with Crippen molar-refractivity contribution in [1.29, 1.82) is 0 Å². The van der Waals surface area contributed by atoms with E-state index in [1.54, 1.807) is 6.20 Å². The van der Waals surface area contributed by atoms with Gasteiger partial charge in [-0.05, 0) is 79.5 Å². The van der Waals surface area contributed by atoms with E-state index >= 15 is 0 Å². The van der Waals surface area contributed by atoms with Crippen molar-refractivity contribution in [2.24, 2.45) is 5.92 Å². The number of rotatable bonds is 7. The average molecular weight is 529 g/mol. The molecule has 1 saturated heterocycles. The second-order valence-corrected chi connectivity index (χ2v) is 11.3. The van der Waals surface area contributed by atoms with E-state index in [-0.39, 0.29) is 5.78 Å². The first-order valence-electron chi connectivity index (χ1n) is 13.7. The standard InChI is InChI=1S/C32H33ClN2O3/c33-25-12-10-24(11-13-25)32(37)14-18-35(19-15-32)17-3-4-23-21-28-27(29(36)20-22-8-9-22)5-1-7-30(28)38-31-26(23)6-2-16-34-31/h1-2,4-7,10-13,16,22,37H,3,8-9,14-15,17-21H2/b23-4-. The summed E-state index contributed by atoms with van der Waals surface area (Å²) in [7, 11) is 0. The Labute approximate surface area is 229 Å². The maximum Gasteiger partial charge on any atom is 0.226 e. The third kappa shape index (κ3) is 5.42. The second-order valence-electron chi connectivity index (χ2n) is 10.9. The molecule has 3 aromatic rings. The molecule has 1 saturated carbocycles. The lowest BCUT2D eigenvalue weighted by Crippen LogP contribution is -2.42. The molecular weight excluding hydrogens is 496 g/mol. The first-order chi connectivity index (χ1) is 18.5. The molecule has 6 heteroatoms. The summed E-state index contributed by atoms with van der Waals surface area (Å²) in [5, 5.41) is 11.9. The Bertz CT molecular complexity index is 1360. The third-order valence-corrected chi connectivity index (χ3v) is 8.45. The van der Waals surface area contributed by atoms with Crippen LogP contribution in [-0.2, 0) is 12.0 Å². The number of hydrogen-bond donors (Lipinski definition) is 1. The molecule has 1 aromatic heterocycles. The van der Waals surface area contributed by atoms with E-state index in [1.165, 1.54) is 0 Å². The molecule has 0 radical (unpaired) electrons. The number of piperidine rings is 1. The normalized spacial score (nSPS) is 19.8. The van der Waals surface area contributed by atoms with Gasteiger partial charge >= 0.3 is 0 Å². The van der Waals surface area contributed by atoms with Crippen molar-refractivity contribution in [2.45, 2.75) is 50.5 Å². The number of Topliss-reactive ketones (excluding diaryl/α,β-unsaturated/α-hetero) is 1. The topological polar surface area (TPSA) is 62.7 Å². The highest BCUT2D eigenvalue weighted by molar-refractivity contribution is 6.30. The van der Waals surface area contributed by atoms with Crippen molar-refractivity contribution in [1.82, 2.24) is 9.88 Å². The van der Waals surface area contributed by atoms with Gasteiger partial charge in [0, 0.05) is 60.4 Å². The van der Waals surface area contributed by atoms with Crippen molar-refractivity contribution in [3.8, 4) is 11.6 Å². The van der Waals surface area contributed by atoms with Gasteiger partial charge in [-0.3, -0.25) is 4.79 Å². The van der Waals surface area contributed by atoms with Crippen molar-refractivity contribution in [3.05, 3.63) is 94.1 Å². The van der Waals surface area contributed by atoms with Gasteiger partial charge in [0.2, 0.25) is 5.88 Å². The minimum atomic E-state index is -0.796. The van der Waals surface area contributed by atoms with E-state index < -0.39 is 5.60 Å². The number of likely N-dealkylation sites (tertiary alicyclic amines) is 1. The van der Waals surface area contributed by atoms with Crippen LogP contribution in [0.15, 0.2) is 66.9 Å². The van der Waals surface area contributed by atoms with Crippen LogP contribution < -0.4 is 4.74 Å². The molecule has 0 spiro atoms. The monoisotopic (exact) mass is 528 g/mol. The number of ether oxygens (including phenoxy) is 1. The Morgan fingerprint density at radius 3 is 2.66 bits per heavy atom. The summed E-state index contributed by atoms with van der Waals surface area (Å²) < 4.78 is 6.26. The van der Waals surface area contributed by atoms with Crippen molar-refractivity contribution >= 4 is 23.0 Å². The van der Waals surface area contributed by atoms with Crippen LogP contribution in [0.1, 0.15) is 65.6 Å². The molecule has 3 aliphatic rings. The summed E-state index contributed by atoms with van der Waals surface area (Å²) >= 11 is 6.03. The summed E-state index contributed by atoms with van der Waals surface area (Å²) in [5.41, 5.74) is 4.03. The number of nitrogens with zero attached hydrogens (tertiary/aromatic N) is 2. The number of aromatic nitrogens is 1. The lowest BCUT2D eigenvalue weighted by Gasteiger charge is -2.38. The smallest absolute Gasteiger partial charge is 0.226 e. The fourth-order valence-corrected chi connectivity index (χ4v) is 5.83. The predicted molar refractivity (Wildman–Crippen MR) is 150 cm³/mol. The van der Waals surface area contributed by atoms with E-state index in [1.807, 2.05) is 48.5 Å². The number of pyridine rings is 1. The van der Waals surface area contributed by atoms with Gasteiger partial charge in [0.1, 0.15) is 5.75 Å². The Morgan fingerprint density at radius 2 is 1.89 bits per heavy atom. The van der Waals surface area contributed by atoms with Gasteiger partial charge < -0.3 is 14.7 Å². The summed E-state index contributed by atoms with van der Waals surface area (Å²) in [6.07, 6.45) is 9.89. The second kappa shape index (κ2) is 10.6. The highest BCUT2D eigenvalue weighted by atomic mass is 35.5. The van der Waals surface area contributed by atoms with Crippen LogP contribution in [0.25, 0.3) is 5.57 Å². The van der Waals surface area contributed by atoms with E-state index in [0.29, 0.717) is 42.5 Å². The van der Waals surface area contributed by atoms with E-state index in [2.05, 4.69) is 22.0 Å². The van der Waals surface area contributed by atoms with Crippen LogP contribution in [-0.4, -0.2) is 40.4 Å². The number of hydrogen-bond acceptors (Lipinski definition) is 5. The zero-order valence-corrected chi connectivity index (χ0v) is 22.3. The summed E-state index contributed by atoms with van der Waals surface area (Å²) in [4.78, 5) is 20.1. The van der Waals surface area contributed by atoms with Gasteiger partial charge in [-0.15, -0.1) is 0 Å². The molecule has 5 nitrogen and oxygen atoms in total. The molecular formula is C32H33ClN2O3. The largest absolute Gasteiger partial charge is 0.438 e. The first-order valence-corrected chi connectivity index (χ1v) is 14.0. The van der Waals surface area contributed by atoms with Crippen LogP contribution in [0.5, 0.6) is 11.6 Å². The molecule has 0 amide bonds. The zero-order chi connectivity index (χ0) is 26.1. The Balaban J connectivity index is 1.17. The molecule has 0 atom stereocenters. The van der Waals surface area contributed by atoms with Crippen LogP contribution in [0, 0.1) is 5.92 Å². The molecule has 0 unspecified atom stereocenters. The van der Waals surface area contributed by atoms with E-state index in [4.69, 9.17) is 16.3 Å². The maximum atomic E-state index is 13.1. The maximum absolute atomic E-state index is 13.1. The number of allylic oxidation sites excluding steroid dienone is 1. The van der Waals surface area contributed by atoms with Crippen molar-refractivity contribution in [2.75, 3.05) is 19.6 Å². The van der Waals surface area contributed by atoms with E-state index in [9.17, 15) is 9.90 Å². The lowest BCUT2D eigenvalue weighted by atomic mass is 9.84. The molecule has 196 valence electrons. The van der Waals surface area contributed by atoms with Crippen LogP contribution in [0.2, 0.25) is 5.02 Å². The van der Waals surface area contributed by atoms with Gasteiger partial charge in [0.15, 0.2) is 5.78 Å². The first kappa shape index (κ1) is 25.3. The van der Waals surface area contributed by atoms with Crippen LogP contribution in [0.4, 0.5) is 0 Å². The molecule has 2 aliphatic heterocycles. The van der Waals surface area contributed by atoms with E-state index in [0.717, 1.165) is 72.5 Å². The SMILES string of the molecule is O=C(CC1CC1)c1cccc2c1C/C(=C/CCN1CCC(O)(c3ccc(Cl)cc3)CC1)c1cccnc1O2. The number of ketones is 1. The predicted octanol–water partition coefficient (Wildman–Crippen LogP) is 6.82. The summed E-state index contributed by atoms with van der Waals surface area (Å²) in [6, 6.07) is 17.4. The van der Waals surface area contributed by atoms with Crippen molar-refractivity contribution in [3.63, 3.8) is 0 Å². The molecule has 1 aliphatic carbocycles. The number of fused-ring (bicyclic) bond motifs is 2. The number of benzene rings is 2. The highest BCUT2D eigenvalue weighted by Gasteiger charge is 2.34. The number of halogens is 1. The fraction of sp³-hybridized carbons (Fsp3) is 0.375. The quantitative estimate of drug-likeness (QED) is 0.341. The molecule has 3 heterocycles. The minimum absolute atomic E-state index is 0.215. The molecule has 0 bridgehead atoms. The molecule has 6 rings (SSSR count). The molecule has 38 heavy (non-hydrogen) atoms. The molecule has 2 fully saturated rings. The number of aliphatic hydroxyl groups is 1. The highest BCUT2D eigenvalue weighted by Crippen LogP contribution is 2.41. The molecule has 1 N–H and O–H groups in total. The van der Waals surface area contributed by atoms with Gasteiger partial charge in [-0.1, -0.05) is 41.9 Å². The molecule has 2 aromatic carbocycles. The van der Waals surface area contributed by atoms with Crippen LogP contribution >= 0.6 is 11.6 Å². The van der Waals surface area contributed by atoms with Crippen molar-refractivity contribution < 1.29 is 14.6 Å². The lowest BCUT2D eigenvalue weighted by molar-refractivity contribution is -0.0254. The number of carbonyl (C=O) groups excluding carboxylic acids is 1. The van der Waals surface area contributed by atoms with Gasteiger partial charge in [-0.2, -0.15) is 0 Å². The zero-order valence-electron chi connectivity index (χ0n) is 21.5. The Kier molecular flexibility index (Phi) is 7.08. The van der Waals surface area contributed by atoms with Gasteiger partial charge in [0.25, 0.3) is 0 Å². The Morgan fingerprint density at radius 1 is 1.11 bits per heavy atom. The average Bonchev–Trinajstić information content (AvgIpc) is 3.76. The fourth-order valence-electron chi connectivity index (χ4n) is 5.70. The summed E-state index contributed by atoms with van der Waals surface area (Å²) in [5.74, 6) is 2.08. The van der Waals surface area contributed by atoms with Gasteiger partial charge in [0.05, 0.1) is 5.60 Å². The minimum Gasteiger partial charge on any atom is -0.438 e. The third-order valence-electron chi connectivity index (χ3n) is 8.20. The van der Waals surface area contributed by atoms with Gasteiger partial charge in [-0.25, -0.2) is 4.98 Å². The van der Waals surface area contributed by atoms with Crippen LogP contribution in [0.3, 0.4) is 0 Å².